The van der Waals surface area contributed by atoms with Crippen molar-refractivity contribution in [2.45, 2.75) is 141 Å². The molecule has 0 aromatic carbocycles. The molecule has 0 saturated carbocycles. The van der Waals surface area contributed by atoms with Crippen molar-refractivity contribution in [1.82, 2.24) is 0 Å². The van der Waals surface area contributed by atoms with Crippen LogP contribution in [-0.2, 0) is 28.5 Å². The number of carbonyl (C=O) groups is 2. The Morgan fingerprint density at radius 2 is 1.23 bits per heavy atom. The van der Waals surface area contributed by atoms with E-state index in [9.17, 15) is 30.0 Å². The molecule has 1 aliphatic heterocycles. The zero-order chi connectivity index (χ0) is 34.5. The van der Waals surface area contributed by atoms with Crippen LogP contribution >= 0.6 is 0 Å². The highest BCUT2D eigenvalue weighted by Crippen LogP contribution is 2.22. The van der Waals surface area contributed by atoms with Gasteiger partial charge in [-0.05, 0) is 38.5 Å². The topological polar surface area (TPSA) is 152 Å². The van der Waals surface area contributed by atoms with E-state index in [-0.39, 0.29) is 26.1 Å². The highest BCUT2D eigenvalue weighted by atomic mass is 16.7. The number of rotatable bonds is 26. The molecule has 0 bridgehead atoms. The fraction of sp³-hybridized carbons (Fsp3) is 0.676. The van der Waals surface area contributed by atoms with Gasteiger partial charge in [-0.3, -0.25) is 9.59 Å². The normalized spacial score (nSPS) is 22.7. The number of carbonyl (C=O) groups excluding carboxylic acids is 2. The second-order valence-corrected chi connectivity index (χ2v) is 11.6. The lowest BCUT2D eigenvalue weighted by molar-refractivity contribution is -0.305. The van der Waals surface area contributed by atoms with Crippen molar-refractivity contribution in [3.63, 3.8) is 0 Å². The van der Waals surface area contributed by atoms with Crippen LogP contribution in [0.1, 0.15) is 104 Å². The number of aliphatic hydroxyl groups excluding tert-OH is 4. The smallest absolute Gasteiger partial charge is 0.310 e. The van der Waals surface area contributed by atoms with Gasteiger partial charge in [0, 0.05) is 6.42 Å². The summed E-state index contributed by atoms with van der Waals surface area (Å²) in [5.41, 5.74) is 0. The van der Waals surface area contributed by atoms with E-state index < -0.39 is 55.4 Å². The highest BCUT2D eigenvalue weighted by molar-refractivity contribution is 5.71. The minimum atomic E-state index is -1.61. The fourth-order valence-corrected chi connectivity index (χ4v) is 4.67. The van der Waals surface area contributed by atoms with E-state index in [1.807, 2.05) is 12.2 Å². The molecule has 1 rings (SSSR count). The van der Waals surface area contributed by atoms with Gasteiger partial charge in [-0.2, -0.15) is 0 Å². The monoisotopic (exact) mass is 664 g/mol. The fourth-order valence-electron chi connectivity index (χ4n) is 4.67. The van der Waals surface area contributed by atoms with Crippen molar-refractivity contribution in [3.05, 3.63) is 60.8 Å². The van der Waals surface area contributed by atoms with Gasteiger partial charge in [-0.25, -0.2) is 0 Å². The lowest BCUT2D eigenvalue weighted by atomic mass is 9.99. The second-order valence-electron chi connectivity index (χ2n) is 11.6. The molecule has 47 heavy (non-hydrogen) atoms. The molecule has 1 aliphatic rings. The number of aliphatic hydroxyl groups is 4. The van der Waals surface area contributed by atoms with Crippen LogP contribution in [0.5, 0.6) is 0 Å². The average Bonchev–Trinajstić information content (AvgIpc) is 3.06. The molecule has 6 atom stereocenters. The van der Waals surface area contributed by atoms with Crippen LogP contribution in [0.3, 0.4) is 0 Å². The lowest BCUT2D eigenvalue weighted by Gasteiger charge is -2.39. The van der Waals surface area contributed by atoms with Crippen molar-refractivity contribution in [1.29, 1.82) is 0 Å². The number of ether oxygens (including phenoxy) is 4. The average molecular weight is 665 g/mol. The molecule has 1 fully saturated rings. The predicted octanol–water partition coefficient (Wildman–Crippen LogP) is 5.54. The Balaban J connectivity index is 2.52. The summed E-state index contributed by atoms with van der Waals surface area (Å²) in [5.74, 6) is -0.970. The van der Waals surface area contributed by atoms with Gasteiger partial charge in [-0.1, -0.05) is 113 Å². The minimum Gasteiger partial charge on any atom is -0.462 e. The van der Waals surface area contributed by atoms with Gasteiger partial charge in [0.05, 0.1) is 19.6 Å². The standard InChI is InChI=1S/C37H60O10/c1-3-5-7-9-11-12-13-14-15-16-17-18-20-22-24-26-33(40)46-30(28-44-32(39)25-23-21-19-10-8-6-4-2)29-45-37-36(43)35(42)34(41)31(27-38)47-37/h5,7,11-12,14-15,17-18,22,24,30-31,34-38,41-43H,3-4,6,8-10,13,16,19-21,23,25-29H2,1-2H3/b7-5-,12-11-,15-14-,18-17-,24-22-. The molecule has 10 nitrogen and oxygen atoms in total. The highest BCUT2D eigenvalue weighted by Gasteiger charge is 2.44. The van der Waals surface area contributed by atoms with E-state index in [1.165, 1.54) is 19.3 Å². The number of hydrogen-bond donors (Lipinski definition) is 4. The van der Waals surface area contributed by atoms with Gasteiger partial charge in [0.15, 0.2) is 12.4 Å². The maximum Gasteiger partial charge on any atom is 0.310 e. The predicted molar refractivity (Wildman–Crippen MR) is 182 cm³/mol. The van der Waals surface area contributed by atoms with Gasteiger partial charge in [-0.15, -0.1) is 0 Å². The number of esters is 2. The van der Waals surface area contributed by atoms with Crippen molar-refractivity contribution < 1.29 is 49.0 Å². The van der Waals surface area contributed by atoms with Crippen molar-refractivity contribution in [3.8, 4) is 0 Å². The van der Waals surface area contributed by atoms with Gasteiger partial charge in [0.25, 0.3) is 0 Å². The van der Waals surface area contributed by atoms with Gasteiger partial charge in [0.1, 0.15) is 31.0 Å². The first-order valence-electron chi connectivity index (χ1n) is 17.4. The molecule has 0 aliphatic carbocycles. The Hall–Kier alpha value is -2.60. The summed E-state index contributed by atoms with van der Waals surface area (Å²) in [5, 5.41) is 39.7. The zero-order valence-corrected chi connectivity index (χ0v) is 28.5. The van der Waals surface area contributed by atoms with Gasteiger partial charge < -0.3 is 39.4 Å². The van der Waals surface area contributed by atoms with Gasteiger partial charge >= 0.3 is 11.9 Å². The maximum atomic E-state index is 12.6. The third kappa shape index (κ3) is 21.1. The molecule has 0 amide bonds. The molecule has 0 spiro atoms. The minimum absolute atomic E-state index is 0.00392. The maximum absolute atomic E-state index is 12.6. The van der Waals surface area contributed by atoms with E-state index in [4.69, 9.17) is 18.9 Å². The molecular weight excluding hydrogens is 604 g/mol. The van der Waals surface area contributed by atoms with Crippen LogP contribution in [0, 0.1) is 0 Å². The zero-order valence-electron chi connectivity index (χ0n) is 28.5. The third-order valence-corrected chi connectivity index (χ3v) is 7.45. The summed E-state index contributed by atoms with van der Waals surface area (Å²) in [6.07, 6.45) is 24.3. The first kappa shape index (κ1) is 42.4. The Morgan fingerprint density at radius 3 is 1.81 bits per heavy atom. The number of allylic oxidation sites excluding steroid dienone is 9. The summed E-state index contributed by atoms with van der Waals surface area (Å²) in [7, 11) is 0. The van der Waals surface area contributed by atoms with Crippen LogP contribution in [-0.4, -0.2) is 89.0 Å². The molecule has 0 radical (unpaired) electrons. The third-order valence-electron chi connectivity index (χ3n) is 7.45. The SMILES string of the molecule is CC/C=C\C/C=C\C/C=C\C/C=C\C/C=C\CC(=O)OC(COC(=O)CCCCCCCCC)COC1OC(CO)C(O)C(O)C1O. The van der Waals surface area contributed by atoms with Crippen molar-refractivity contribution >= 4 is 11.9 Å². The Bertz CT molecular complexity index is 955. The van der Waals surface area contributed by atoms with E-state index in [0.717, 1.165) is 44.9 Å². The van der Waals surface area contributed by atoms with Crippen molar-refractivity contribution in [2.75, 3.05) is 19.8 Å². The molecule has 10 heteroatoms. The van der Waals surface area contributed by atoms with E-state index in [1.54, 1.807) is 6.08 Å². The molecule has 0 aromatic heterocycles. The number of unbranched alkanes of at least 4 members (excludes halogenated alkanes) is 6. The molecule has 1 saturated heterocycles. The van der Waals surface area contributed by atoms with Crippen LogP contribution in [0.25, 0.3) is 0 Å². The summed E-state index contributed by atoms with van der Waals surface area (Å²) >= 11 is 0. The van der Waals surface area contributed by atoms with E-state index in [0.29, 0.717) is 12.8 Å². The van der Waals surface area contributed by atoms with Crippen molar-refractivity contribution in [2.24, 2.45) is 0 Å². The first-order valence-corrected chi connectivity index (χ1v) is 17.4. The summed E-state index contributed by atoms with van der Waals surface area (Å²) in [6, 6.07) is 0. The second kappa shape index (κ2) is 28.4. The Labute approximate surface area is 281 Å². The quantitative estimate of drug-likeness (QED) is 0.0527. The van der Waals surface area contributed by atoms with E-state index >= 15 is 0 Å². The molecule has 1 heterocycles. The van der Waals surface area contributed by atoms with E-state index in [2.05, 4.69) is 56.4 Å². The molecule has 6 unspecified atom stereocenters. The van der Waals surface area contributed by atoms with Crippen LogP contribution in [0.2, 0.25) is 0 Å². The summed E-state index contributed by atoms with van der Waals surface area (Å²) in [6.45, 7) is 3.11. The lowest BCUT2D eigenvalue weighted by Crippen LogP contribution is -2.59. The molecular formula is C37H60O10. The summed E-state index contributed by atoms with van der Waals surface area (Å²) in [4.78, 5) is 24.9. The molecule has 268 valence electrons. The summed E-state index contributed by atoms with van der Waals surface area (Å²) < 4.78 is 21.8. The van der Waals surface area contributed by atoms with Crippen LogP contribution < -0.4 is 0 Å². The number of hydrogen-bond acceptors (Lipinski definition) is 10. The van der Waals surface area contributed by atoms with Crippen LogP contribution in [0.4, 0.5) is 0 Å². The largest absolute Gasteiger partial charge is 0.462 e. The van der Waals surface area contributed by atoms with Gasteiger partial charge in [0.2, 0.25) is 0 Å². The Kier molecular flexibility index (Phi) is 25.6. The molecule has 0 aromatic rings. The van der Waals surface area contributed by atoms with Crippen LogP contribution in [0.15, 0.2) is 60.8 Å². The molecule has 4 N–H and O–H groups in total. The first-order chi connectivity index (χ1) is 22.8. The Morgan fingerprint density at radius 1 is 0.681 bits per heavy atom.